The molecule has 2 heterocycles. The zero-order valence-corrected chi connectivity index (χ0v) is 22.1. The van der Waals surface area contributed by atoms with E-state index < -0.39 is 9.84 Å². The number of anilines is 2. The second-order valence-corrected chi connectivity index (χ2v) is 11.5. The highest BCUT2D eigenvalue weighted by Gasteiger charge is 2.30. The third-order valence-electron chi connectivity index (χ3n) is 6.20. The molecular weight excluding hydrogens is 500 g/mol. The molecule has 1 aromatic heterocycles. The number of hydrogen-bond donors (Lipinski definition) is 0. The predicted molar refractivity (Wildman–Crippen MR) is 140 cm³/mol. The van der Waals surface area contributed by atoms with E-state index in [0.717, 1.165) is 24.2 Å². The van der Waals surface area contributed by atoms with Crippen molar-refractivity contribution >= 4 is 59.9 Å². The summed E-state index contributed by atoms with van der Waals surface area (Å²) in [7, 11) is -3.50. The van der Waals surface area contributed by atoms with Gasteiger partial charge in [-0.2, -0.15) is 0 Å². The van der Waals surface area contributed by atoms with Gasteiger partial charge in [0.05, 0.1) is 15.3 Å². The summed E-state index contributed by atoms with van der Waals surface area (Å²) in [6.07, 6.45) is 1.51. The number of thiazole rings is 1. The number of amides is 3. The van der Waals surface area contributed by atoms with E-state index >= 15 is 0 Å². The summed E-state index contributed by atoms with van der Waals surface area (Å²) in [5.74, 6) is -0.806. The van der Waals surface area contributed by atoms with Crippen molar-refractivity contribution < 1.29 is 22.8 Å². The van der Waals surface area contributed by atoms with E-state index in [9.17, 15) is 22.8 Å². The lowest BCUT2D eigenvalue weighted by Gasteiger charge is -2.25. The van der Waals surface area contributed by atoms with Crippen molar-refractivity contribution in [3.8, 4) is 0 Å². The number of para-hydroxylation sites is 1. The maximum absolute atomic E-state index is 13.7. The average Bonchev–Trinajstić information content (AvgIpc) is 3.43. The van der Waals surface area contributed by atoms with E-state index in [1.807, 2.05) is 13.8 Å². The van der Waals surface area contributed by atoms with Crippen LogP contribution in [-0.2, 0) is 19.4 Å². The molecule has 1 aliphatic heterocycles. The summed E-state index contributed by atoms with van der Waals surface area (Å²) in [6.45, 7) is 6.71. The van der Waals surface area contributed by atoms with Crippen LogP contribution in [0.3, 0.4) is 0 Å². The van der Waals surface area contributed by atoms with Crippen molar-refractivity contribution in [2.24, 2.45) is 0 Å². The SMILES string of the molecule is CCN(CC)CCN(C(=O)c1ccc(N2C(=O)CCC2=O)cc1)c1nc2c(S(C)(=O)=O)cccc2s1. The van der Waals surface area contributed by atoms with E-state index in [2.05, 4.69) is 9.88 Å². The Morgan fingerprint density at radius 3 is 2.22 bits per heavy atom. The summed E-state index contributed by atoms with van der Waals surface area (Å²) in [5, 5.41) is 0.409. The van der Waals surface area contributed by atoms with Crippen molar-refractivity contribution in [1.82, 2.24) is 9.88 Å². The molecule has 0 saturated carbocycles. The van der Waals surface area contributed by atoms with Gasteiger partial charge in [-0.25, -0.2) is 13.4 Å². The molecule has 0 aliphatic carbocycles. The lowest BCUT2D eigenvalue weighted by atomic mass is 10.1. The van der Waals surface area contributed by atoms with Crippen LogP contribution in [-0.4, -0.2) is 68.5 Å². The molecule has 0 atom stereocenters. The van der Waals surface area contributed by atoms with Crippen LogP contribution in [0.4, 0.5) is 10.8 Å². The van der Waals surface area contributed by atoms with E-state index in [0.29, 0.717) is 39.7 Å². The zero-order valence-electron chi connectivity index (χ0n) is 20.4. The number of aromatic nitrogens is 1. The molecule has 11 heteroatoms. The number of carbonyl (C=O) groups excluding carboxylic acids is 3. The Bertz CT molecular complexity index is 1400. The fourth-order valence-corrected chi connectivity index (χ4v) is 6.08. The zero-order chi connectivity index (χ0) is 26.0. The number of fused-ring (bicyclic) bond motifs is 1. The quantitative estimate of drug-likeness (QED) is 0.392. The van der Waals surface area contributed by atoms with Gasteiger partial charge in [0.1, 0.15) is 5.52 Å². The lowest BCUT2D eigenvalue weighted by molar-refractivity contribution is -0.121. The van der Waals surface area contributed by atoms with Gasteiger partial charge in [-0.1, -0.05) is 31.3 Å². The van der Waals surface area contributed by atoms with E-state index in [4.69, 9.17) is 0 Å². The summed E-state index contributed by atoms with van der Waals surface area (Å²) in [6, 6.07) is 11.4. The molecule has 0 N–H and O–H groups in total. The normalized spacial score (nSPS) is 14.3. The molecule has 9 nitrogen and oxygen atoms in total. The molecule has 3 amide bonds. The van der Waals surface area contributed by atoms with Crippen LogP contribution in [0.2, 0.25) is 0 Å². The van der Waals surface area contributed by atoms with Gasteiger partial charge in [-0.3, -0.25) is 24.2 Å². The first-order valence-electron chi connectivity index (χ1n) is 11.7. The van der Waals surface area contributed by atoms with Gasteiger partial charge in [-0.05, 0) is 49.5 Å². The summed E-state index contributed by atoms with van der Waals surface area (Å²) in [5.41, 5.74) is 1.16. The fourth-order valence-electron chi connectivity index (χ4n) is 4.16. The Balaban J connectivity index is 1.70. The van der Waals surface area contributed by atoms with Gasteiger partial charge in [0.2, 0.25) is 11.8 Å². The molecule has 4 rings (SSSR count). The minimum absolute atomic E-state index is 0.128. The van der Waals surface area contributed by atoms with Gasteiger partial charge < -0.3 is 4.90 Å². The van der Waals surface area contributed by atoms with Crippen LogP contribution in [0.5, 0.6) is 0 Å². The summed E-state index contributed by atoms with van der Waals surface area (Å²) >= 11 is 1.26. The number of nitrogens with zero attached hydrogens (tertiary/aromatic N) is 4. The molecule has 36 heavy (non-hydrogen) atoms. The van der Waals surface area contributed by atoms with Crippen LogP contribution in [0.25, 0.3) is 10.2 Å². The van der Waals surface area contributed by atoms with Gasteiger partial charge in [0.25, 0.3) is 5.91 Å². The second kappa shape index (κ2) is 10.5. The van der Waals surface area contributed by atoms with E-state index in [1.165, 1.54) is 17.4 Å². The molecule has 3 aromatic rings. The Hall–Kier alpha value is -3.15. The first kappa shape index (κ1) is 25.9. The van der Waals surface area contributed by atoms with Crippen LogP contribution in [0.15, 0.2) is 47.4 Å². The van der Waals surface area contributed by atoms with Gasteiger partial charge >= 0.3 is 0 Å². The molecule has 0 unspecified atom stereocenters. The number of imide groups is 1. The number of benzene rings is 2. The van der Waals surface area contributed by atoms with E-state index in [-0.39, 0.29) is 35.5 Å². The maximum atomic E-state index is 13.7. The Labute approximate surface area is 214 Å². The van der Waals surface area contributed by atoms with Gasteiger partial charge in [0.15, 0.2) is 15.0 Å². The van der Waals surface area contributed by atoms with Gasteiger partial charge in [-0.15, -0.1) is 0 Å². The lowest BCUT2D eigenvalue weighted by Crippen LogP contribution is -2.39. The number of carbonyl (C=O) groups is 3. The number of likely N-dealkylation sites (N-methyl/N-ethyl adjacent to an activating group) is 1. The highest BCUT2D eigenvalue weighted by atomic mass is 32.2. The molecule has 0 bridgehead atoms. The minimum atomic E-state index is -3.50. The van der Waals surface area contributed by atoms with Crippen LogP contribution >= 0.6 is 11.3 Å². The van der Waals surface area contributed by atoms with Crippen LogP contribution in [0.1, 0.15) is 37.0 Å². The molecule has 1 aliphatic rings. The molecule has 2 aromatic carbocycles. The smallest absolute Gasteiger partial charge is 0.260 e. The van der Waals surface area contributed by atoms with Crippen molar-refractivity contribution in [3.05, 3.63) is 48.0 Å². The number of hydrogen-bond acceptors (Lipinski definition) is 8. The summed E-state index contributed by atoms with van der Waals surface area (Å²) < 4.78 is 25.2. The van der Waals surface area contributed by atoms with E-state index in [1.54, 1.807) is 41.3 Å². The van der Waals surface area contributed by atoms with Crippen molar-refractivity contribution in [2.45, 2.75) is 31.6 Å². The maximum Gasteiger partial charge on any atom is 0.260 e. The molecule has 190 valence electrons. The molecular formula is C25H28N4O5S2. The van der Waals surface area contributed by atoms with Crippen LogP contribution < -0.4 is 9.80 Å². The Kier molecular flexibility index (Phi) is 7.53. The number of rotatable bonds is 9. The molecule has 0 spiro atoms. The first-order valence-corrected chi connectivity index (χ1v) is 14.4. The predicted octanol–water partition coefficient (Wildman–Crippen LogP) is 3.34. The standard InChI is InChI=1S/C25H28N4O5S2/c1-4-27(5-2)15-16-28(25-26-23-19(35-25)7-6-8-20(23)36(3,33)34)24(32)17-9-11-18(12-10-17)29-21(30)13-14-22(29)31/h6-12H,4-5,13-16H2,1-3H3. The molecule has 0 radical (unpaired) electrons. The molecule has 1 saturated heterocycles. The van der Waals surface area contributed by atoms with Crippen molar-refractivity contribution in [3.63, 3.8) is 0 Å². The van der Waals surface area contributed by atoms with Crippen molar-refractivity contribution in [1.29, 1.82) is 0 Å². The second-order valence-electron chi connectivity index (χ2n) is 8.52. The average molecular weight is 529 g/mol. The highest BCUT2D eigenvalue weighted by Crippen LogP contribution is 2.33. The van der Waals surface area contributed by atoms with Crippen molar-refractivity contribution in [2.75, 3.05) is 42.2 Å². The summed E-state index contributed by atoms with van der Waals surface area (Å²) in [4.78, 5) is 47.4. The number of sulfone groups is 1. The Morgan fingerprint density at radius 1 is 1.00 bits per heavy atom. The molecule has 1 fully saturated rings. The topological polar surface area (TPSA) is 108 Å². The highest BCUT2D eigenvalue weighted by molar-refractivity contribution is 7.91. The monoisotopic (exact) mass is 528 g/mol. The third kappa shape index (κ3) is 5.18. The van der Waals surface area contributed by atoms with Crippen LogP contribution in [0, 0.1) is 0 Å². The minimum Gasteiger partial charge on any atom is -0.302 e. The largest absolute Gasteiger partial charge is 0.302 e. The third-order valence-corrected chi connectivity index (χ3v) is 8.38. The van der Waals surface area contributed by atoms with Gasteiger partial charge in [0, 0.05) is 37.8 Å². The Morgan fingerprint density at radius 2 is 1.64 bits per heavy atom. The first-order chi connectivity index (χ1) is 17.1. The fraction of sp³-hybridized carbons (Fsp3) is 0.360.